The highest BCUT2D eigenvalue weighted by molar-refractivity contribution is 9.09. The maximum atomic E-state index is 14.6. The highest BCUT2D eigenvalue weighted by Crippen LogP contribution is 2.68. The summed E-state index contributed by atoms with van der Waals surface area (Å²) >= 11 is 5.41. The molecule has 2 bridgehead atoms. The van der Waals surface area contributed by atoms with E-state index in [0.717, 1.165) is 22.3 Å². The number of fused-ring (bicyclic) bond motifs is 1. The Bertz CT molecular complexity index is 1510. The van der Waals surface area contributed by atoms with Crippen LogP contribution < -0.4 is 10.6 Å². The molecule has 3 aliphatic heterocycles. The van der Waals surface area contributed by atoms with Gasteiger partial charge in [0, 0.05) is 22.3 Å². The van der Waals surface area contributed by atoms with E-state index < -0.39 is 28.7 Å². The van der Waals surface area contributed by atoms with Crippen molar-refractivity contribution in [1.29, 1.82) is 0 Å². The van der Waals surface area contributed by atoms with E-state index in [1.807, 2.05) is 92.7 Å². The lowest BCUT2D eigenvalue weighted by Crippen LogP contribution is -2.53. The van der Waals surface area contributed by atoms with Crippen LogP contribution >= 0.6 is 27.7 Å². The number of carbonyl (C=O) groups excluding carboxylic acids is 3. The topological polar surface area (TPSA) is 98.7 Å². The Morgan fingerprint density at radius 3 is 2.43 bits per heavy atom. The van der Waals surface area contributed by atoms with Gasteiger partial charge in [0.15, 0.2) is 0 Å². The van der Waals surface area contributed by atoms with E-state index >= 15 is 0 Å². The van der Waals surface area contributed by atoms with E-state index in [-0.39, 0.29) is 34.4 Å². The summed E-state index contributed by atoms with van der Waals surface area (Å²) in [7, 11) is 0. The minimum absolute atomic E-state index is 0.0423. The Morgan fingerprint density at radius 1 is 1.05 bits per heavy atom. The Kier molecular flexibility index (Phi) is 7.93. The molecule has 3 unspecified atom stereocenters. The van der Waals surface area contributed by atoms with Gasteiger partial charge in [-0.15, -0.1) is 11.8 Å². The van der Waals surface area contributed by atoms with E-state index in [1.165, 1.54) is 0 Å². The summed E-state index contributed by atoms with van der Waals surface area (Å²) in [5.41, 5.74) is 4.34. The Hall–Kier alpha value is -3.14. The fourth-order valence-electron chi connectivity index (χ4n) is 7.01. The van der Waals surface area contributed by atoms with Crippen LogP contribution in [-0.2, 0) is 20.9 Å². The van der Waals surface area contributed by atoms with E-state index in [1.54, 1.807) is 16.7 Å². The zero-order valence-electron chi connectivity index (χ0n) is 23.5. The van der Waals surface area contributed by atoms with Gasteiger partial charge in [0.1, 0.15) is 6.04 Å². The number of halogens is 1. The van der Waals surface area contributed by atoms with Crippen molar-refractivity contribution in [3.63, 3.8) is 0 Å². The SMILES string of the molecule is Cc1ccc(C)c(NC(=O)C2N([C@H](CO)c3ccccc3)C(=O)[C@@H]3[C@@H](C(=O)NCc4ccccc4)[C@@H]4SC23CC4Br)c1. The largest absolute Gasteiger partial charge is 0.394 e. The van der Waals surface area contributed by atoms with Crippen molar-refractivity contribution in [1.82, 2.24) is 10.2 Å². The summed E-state index contributed by atoms with van der Waals surface area (Å²) in [5, 5.41) is 16.7. The zero-order chi connectivity index (χ0) is 29.6. The lowest BCUT2D eigenvalue weighted by molar-refractivity contribution is -0.142. The molecule has 218 valence electrons. The van der Waals surface area contributed by atoms with Crippen LogP contribution in [0, 0.1) is 25.7 Å². The van der Waals surface area contributed by atoms with Crippen molar-refractivity contribution < 1.29 is 19.5 Å². The van der Waals surface area contributed by atoms with Gasteiger partial charge in [-0.1, -0.05) is 88.7 Å². The molecule has 3 heterocycles. The Balaban J connectivity index is 1.39. The monoisotopic (exact) mass is 647 g/mol. The van der Waals surface area contributed by atoms with E-state index in [9.17, 15) is 19.5 Å². The van der Waals surface area contributed by atoms with E-state index in [0.29, 0.717) is 18.7 Å². The molecule has 3 amide bonds. The number of alkyl halides is 1. The van der Waals surface area contributed by atoms with Crippen molar-refractivity contribution in [2.75, 3.05) is 11.9 Å². The third kappa shape index (κ3) is 4.85. The van der Waals surface area contributed by atoms with E-state index in [2.05, 4.69) is 26.6 Å². The lowest BCUT2D eigenvalue weighted by Gasteiger charge is -2.37. The fourth-order valence-corrected chi connectivity index (χ4v) is 10.6. The van der Waals surface area contributed by atoms with Gasteiger partial charge in [-0.2, -0.15) is 0 Å². The molecule has 3 N–H and O–H groups in total. The van der Waals surface area contributed by atoms with Gasteiger partial charge < -0.3 is 20.6 Å². The fraction of sp³-hybridized carbons (Fsp3) is 0.364. The highest BCUT2D eigenvalue weighted by Gasteiger charge is 2.76. The van der Waals surface area contributed by atoms with Crippen molar-refractivity contribution in [3.05, 3.63) is 101 Å². The number of likely N-dealkylation sites (tertiary alicyclic amines) is 1. The van der Waals surface area contributed by atoms with Crippen molar-refractivity contribution in [3.8, 4) is 0 Å². The number of carbonyl (C=O) groups is 3. The molecule has 7 nitrogen and oxygen atoms in total. The first-order chi connectivity index (χ1) is 20.2. The van der Waals surface area contributed by atoms with Crippen LogP contribution in [0.3, 0.4) is 0 Å². The van der Waals surface area contributed by atoms with Crippen LogP contribution in [0.1, 0.15) is 34.7 Å². The molecule has 3 aromatic carbocycles. The summed E-state index contributed by atoms with van der Waals surface area (Å²) < 4.78 is -0.825. The van der Waals surface area contributed by atoms with Crippen LogP contribution in [0.4, 0.5) is 5.69 Å². The van der Waals surface area contributed by atoms with Crippen LogP contribution in [0.5, 0.6) is 0 Å². The smallest absolute Gasteiger partial charge is 0.248 e. The molecule has 42 heavy (non-hydrogen) atoms. The number of amides is 3. The van der Waals surface area contributed by atoms with Crippen molar-refractivity contribution in [2.45, 2.75) is 53.7 Å². The molecule has 1 spiro atoms. The van der Waals surface area contributed by atoms with Gasteiger partial charge in [-0.05, 0) is 48.6 Å². The molecule has 7 atom stereocenters. The maximum absolute atomic E-state index is 14.6. The number of anilines is 1. The Labute approximate surface area is 258 Å². The van der Waals surface area contributed by atoms with Gasteiger partial charge >= 0.3 is 0 Å². The maximum Gasteiger partial charge on any atom is 0.248 e. The van der Waals surface area contributed by atoms with Crippen LogP contribution in [0.15, 0.2) is 78.9 Å². The number of aliphatic hydroxyl groups is 1. The molecule has 3 aromatic rings. The van der Waals surface area contributed by atoms with Gasteiger partial charge in [0.2, 0.25) is 17.7 Å². The molecule has 0 radical (unpaired) electrons. The average molecular weight is 649 g/mol. The molecule has 0 saturated carbocycles. The molecule has 3 saturated heterocycles. The number of hydrogen-bond acceptors (Lipinski definition) is 5. The molecule has 6 rings (SSSR count). The summed E-state index contributed by atoms with van der Waals surface area (Å²) in [6.07, 6.45) is 0.565. The number of rotatable bonds is 8. The number of benzene rings is 3. The molecule has 9 heteroatoms. The molecule has 0 aliphatic carbocycles. The molecular formula is C33H34BrN3O4S. The zero-order valence-corrected chi connectivity index (χ0v) is 25.9. The first-order valence-corrected chi connectivity index (χ1v) is 16.0. The second-order valence-corrected chi connectivity index (χ2v) is 14.2. The standard InChI is InChI=1S/C33H34BrN3O4S/c1-19-13-14-20(2)24(15-19)36-31(40)29-33-16-23(34)28(42-33)26(30(39)35-17-21-9-5-3-6-10-21)27(33)32(41)37(29)25(18-38)22-11-7-4-8-12-22/h3-15,23,25-29,38H,16-18H2,1-2H3,(H,35,39)(H,36,40)/t23?,25-,26-,27+,28-,29?,33?/m1/s1. The Morgan fingerprint density at radius 2 is 1.74 bits per heavy atom. The third-order valence-electron chi connectivity index (χ3n) is 8.93. The number of aliphatic hydroxyl groups excluding tert-OH is 1. The lowest BCUT2D eigenvalue weighted by atomic mass is 9.70. The molecule has 3 fully saturated rings. The molecular weight excluding hydrogens is 614 g/mol. The number of thioether (sulfide) groups is 1. The predicted octanol–water partition coefficient (Wildman–Crippen LogP) is 4.76. The molecule has 0 aromatic heterocycles. The summed E-state index contributed by atoms with van der Waals surface area (Å²) in [4.78, 5) is 44.3. The number of nitrogens with zero attached hydrogens (tertiary/aromatic N) is 1. The normalized spacial score (nSPS) is 28.4. The summed E-state index contributed by atoms with van der Waals surface area (Å²) in [5.74, 6) is -2.04. The minimum atomic E-state index is -0.880. The van der Waals surface area contributed by atoms with Gasteiger partial charge in [-0.3, -0.25) is 14.4 Å². The van der Waals surface area contributed by atoms with Gasteiger partial charge in [-0.25, -0.2) is 0 Å². The van der Waals surface area contributed by atoms with Crippen LogP contribution in [0.2, 0.25) is 0 Å². The highest BCUT2D eigenvalue weighted by atomic mass is 79.9. The minimum Gasteiger partial charge on any atom is -0.394 e. The van der Waals surface area contributed by atoms with Crippen LogP contribution in [-0.4, -0.2) is 55.2 Å². The summed E-state index contributed by atoms with van der Waals surface area (Å²) in [6.45, 7) is 3.92. The quantitative estimate of drug-likeness (QED) is 0.306. The number of nitrogens with one attached hydrogen (secondary N) is 2. The predicted molar refractivity (Wildman–Crippen MR) is 168 cm³/mol. The van der Waals surface area contributed by atoms with E-state index in [4.69, 9.17) is 0 Å². The summed E-state index contributed by atoms with van der Waals surface area (Å²) in [6, 6.07) is 23.3. The number of hydrogen-bond donors (Lipinski definition) is 3. The average Bonchev–Trinajstić information content (AvgIpc) is 3.59. The second-order valence-electron chi connectivity index (χ2n) is 11.5. The third-order valence-corrected chi connectivity index (χ3v) is 12.2. The van der Waals surface area contributed by atoms with Crippen molar-refractivity contribution >= 4 is 51.1 Å². The second kappa shape index (κ2) is 11.5. The molecule has 3 aliphatic rings. The van der Waals surface area contributed by atoms with Gasteiger partial charge in [0.25, 0.3) is 0 Å². The van der Waals surface area contributed by atoms with Gasteiger partial charge in [0.05, 0.1) is 29.2 Å². The first kappa shape index (κ1) is 29.0. The number of aryl methyl sites for hydroxylation is 2. The first-order valence-electron chi connectivity index (χ1n) is 14.2. The van der Waals surface area contributed by atoms with Crippen LogP contribution in [0.25, 0.3) is 0 Å². The van der Waals surface area contributed by atoms with Crippen molar-refractivity contribution in [2.24, 2.45) is 11.8 Å².